The summed E-state index contributed by atoms with van der Waals surface area (Å²) in [6.45, 7) is 0. The highest BCUT2D eigenvalue weighted by atomic mass is 16.5. The molecule has 1 heterocycles. The van der Waals surface area contributed by atoms with Crippen LogP contribution in [0.15, 0.2) is 60.7 Å². The molecule has 7 nitrogen and oxygen atoms in total. The van der Waals surface area contributed by atoms with Gasteiger partial charge in [-0.25, -0.2) is 9.78 Å². The molecule has 0 amide bonds. The van der Waals surface area contributed by atoms with Gasteiger partial charge in [-0.05, 0) is 65.7 Å². The van der Waals surface area contributed by atoms with Crippen molar-refractivity contribution in [2.24, 2.45) is 0 Å². The van der Waals surface area contributed by atoms with Gasteiger partial charge in [0.1, 0.15) is 5.75 Å². The molecule has 0 unspecified atom stereocenters. The van der Waals surface area contributed by atoms with Gasteiger partial charge < -0.3 is 24.1 Å². The topological polar surface area (TPSA) is 87.1 Å². The number of benzene rings is 3. The van der Waals surface area contributed by atoms with Gasteiger partial charge in [-0.3, -0.25) is 0 Å². The second-order valence-electron chi connectivity index (χ2n) is 7.23. The molecule has 0 fully saturated rings. The van der Waals surface area contributed by atoms with Crippen LogP contribution >= 0.6 is 0 Å². The number of methoxy groups -OCH3 is 4. The van der Waals surface area contributed by atoms with Gasteiger partial charge in [-0.15, -0.1) is 0 Å². The molecule has 4 aromatic rings. The first kappa shape index (κ1) is 22.0. The van der Waals surface area contributed by atoms with Crippen molar-refractivity contribution in [1.82, 2.24) is 4.98 Å². The Morgan fingerprint density at radius 1 is 0.727 bits per heavy atom. The van der Waals surface area contributed by atoms with E-state index in [4.69, 9.17) is 23.9 Å². The number of carbonyl (C=O) groups is 1. The van der Waals surface area contributed by atoms with E-state index in [0.29, 0.717) is 39.6 Å². The Bertz CT molecular complexity index is 1310. The van der Waals surface area contributed by atoms with E-state index < -0.39 is 5.97 Å². The Morgan fingerprint density at radius 3 is 1.91 bits per heavy atom. The van der Waals surface area contributed by atoms with Crippen LogP contribution < -0.4 is 18.9 Å². The van der Waals surface area contributed by atoms with Crippen molar-refractivity contribution in [2.45, 2.75) is 0 Å². The molecule has 168 valence electrons. The minimum Gasteiger partial charge on any atom is -0.497 e. The van der Waals surface area contributed by atoms with Gasteiger partial charge in [0, 0.05) is 10.9 Å². The molecule has 0 saturated carbocycles. The lowest BCUT2D eigenvalue weighted by atomic mass is 9.98. The first-order valence-corrected chi connectivity index (χ1v) is 10.1. The molecule has 7 heteroatoms. The molecule has 1 aromatic heterocycles. The number of aromatic carboxylic acids is 1. The molecule has 1 N–H and O–H groups in total. The fraction of sp³-hybridized carbons (Fsp3) is 0.154. The lowest BCUT2D eigenvalue weighted by Gasteiger charge is -2.15. The van der Waals surface area contributed by atoms with Crippen LogP contribution in [0.25, 0.3) is 33.3 Å². The number of rotatable bonds is 7. The van der Waals surface area contributed by atoms with Crippen molar-refractivity contribution in [3.63, 3.8) is 0 Å². The van der Waals surface area contributed by atoms with Crippen LogP contribution in [0, 0.1) is 0 Å². The third kappa shape index (κ3) is 4.13. The number of carboxylic acid groups (broad SMARTS) is 1. The van der Waals surface area contributed by atoms with Crippen LogP contribution in [0.2, 0.25) is 0 Å². The third-order valence-corrected chi connectivity index (χ3v) is 5.42. The van der Waals surface area contributed by atoms with E-state index >= 15 is 0 Å². The Hall–Kier alpha value is -4.26. The van der Waals surface area contributed by atoms with Crippen molar-refractivity contribution in [3.8, 4) is 45.4 Å². The first-order chi connectivity index (χ1) is 16.0. The van der Waals surface area contributed by atoms with E-state index in [2.05, 4.69) is 0 Å². The smallest absolute Gasteiger partial charge is 0.336 e. The summed E-state index contributed by atoms with van der Waals surface area (Å²) in [7, 11) is 6.24. The summed E-state index contributed by atoms with van der Waals surface area (Å²) in [6, 6.07) is 18.1. The summed E-state index contributed by atoms with van der Waals surface area (Å²) in [5.74, 6) is 1.20. The number of nitrogens with zero attached hydrogens (tertiary/aromatic N) is 1. The maximum Gasteiger partial charge on any atom is 0.336 e. The van der Waals surface area contributed by atoms with E-state index in [1.54, 1.807) is 34.5 Å². The minimum absolute atomic E-state index is 0.167. The summed E-state index contributed by atoms with van der Waals surface area (Å²) in [6.07, 6.45) is 0. The maximum atomic E-state index is 12.1. The van der Waals surface area contributed by atoms with Gasteiger partial charge in [0.05, 0.1) is 45.2 Å². The molecule has 4 rings (SSSR count). The molecule has 0 radical (unpaired) electrons. The lowest BCUT2D eigenvalue weighted by molar-refractivity contribution is 0.0699. The largest absolute Gasteiger partial charge is 0.497 e. The SMILES string of the molecule is COc1ccc(-c2cc(C(=O)O)c3cc(-c4cc(OC)c(OC)c(OC)c4)ccc3n2)cc1. The van der Waals surface area contributed by atoms with Gasteiger partial charge in [0.2, 0.25) is 5.75 Å². The number of hydrogen-bond acceptors (Lipinski definition) is 6. The molecule has 0 bridgehead atoms. The Labute approximate surface area is 191 Å². The van der Waals surface area contributed by atoms with E-state index in [-0.39, 0.29) is 5.56 Å². The Morgan fingerprint density at radius 2 is 1.36 bits per heavy atom. The van der Waals surface area contributed by atoms with Crippen LogP contribution in [0.3, 0.4) is 0 Å². The van der Waals surface area contributed by atoms with E-state index in [1.165, 1.54) is 0 Å². The normalized spacial score (nSPS) is 10.7. The fourth-order valence-corrected chi connectivity index (χ4v) is 3.74. The standard InChI is InChI=1S/C26H23NO6/c1-30-18-8-5-15(6-9-18)22-14-20(26(28)29)19-11-16(7-10-21(19)27-22)17-12-23(31-2)25(33-4)24(13-17)32-3/h5-14H,1-4H3,(H,28,29). The Balaban J connectivity index is 1.87. The maximum absolute atomic E-state index is 12.1. The van der Waals surface area contributed by atoms with Crippen LogP contribution in [0.4, 0.5) is 0 Å². The molecule has 3 aromatic carbocycles. The number of aromatic nitrogens is 1. The first-order valence-electron chi connectivity index (χ1n) is 10.1. The van der Waals surface area contributed by atoms with Gasteiger partial charge in [-0.2, -0.15) is 0 Å². The summed E-state index contributed by atoms with van der Waals surface area (Å²) in [4.78, 5) is 16.8. The van der Waals surface area contributed by atoms with Gasteiger partial charge >= 0.3 is 5.97 Å². The zero-order valence-electron chi connectivity index (χ0n) is 18.7. The highest BCUT2D eigenvalue weighted by Gasteiger charge is 2.17. The second kappa shape index (κ2) is 9.08. The summed E-state index contributed by atoms with van der Waals surface area (Å²) < 4.78 is 21.5. The molecule has 33 heavy (non-hydrogen) atoms. The predicted octanol–water partition coefficient (Wildman–Crippen LogP) is 5.30. The summed E-state index contributed by atoms with van der Waals surface area (Å²) in [5, 5.41) is 10.5. The summed E-state index contributed by atoms with van der Waals surface area (Å²) in [5.41, 5.74) is 3.71. The zero-order chi connectivity index (χ0) is 23.5. The number of fused-ring (bicyclic) bond motifs is 1. The molecular weight excluding hydrogens is 422 g/mol. The number of carboxylic acids is 1. The number of ether oxygens (including phenoxy) is 4. The van der Waals surface area contributed by atoms with Gasteiger partial charge in [0.25, 0.3) is 0 Å². The van der Waals surface area contributed by atoms with E-state index in [9.17, 15) is 9.90 Å². The summed E-state index contributed by atoms with van der Waals surface area (Å²) >= 11 is 0. The van der Waals surface area contributed by atoms with Crippen LogP contribution in [0.5, 0.6) is 23.0 Å². The van der Waals surface area contributed by atoms with Crippen molar-refractivity contribution in [3.05, 3.63) is 66.2 Å². The average Bonchev–Trinajstić information content (AvgIpc) is 2.86. The van der Waals surface area contributed by atoms with Crippen molar-refractivity contribution < 1.29 is 28.8 Å². The number of hydrogen-bond donors (Lipinski definition) is 1. The molecule has 0 atom stereocenters. The van der Waals surface area contributed by atoms with Gasteiger partial charge in [0.15, 0.2) is 11.5 Å². The monoisotopic (exact) mass is 445 g/mol. The molecule has 0 aliphatic carbocycles. The molecule has 0 aliphatic heterocycles. The van der Waals surface area contributed by atoms with Crippen LogP contribution in [0.1, 0.15) is 10.4 Å². The second-order valence-corrected chi connectivity index (χ2v) is 7.23. The highest BCUT2D eigenvalue weighted by Crippen LogP contribution is 2.41. The average molecular weight is 445 g/mol. The fourth-order valence-electron chi connectivity index (χ4n) is 3.74. The van der Waals surface area contributed by atoms with Crippen molar-refractivity contribution in [1.29, 1.82) is 0 Å². The van der Waals surface area contributed by atoms with Gasteiger partial charge in [-0.1, -0.05) is 6.07 Å². The molecule has 0 aliphatic rings. The number of pyridine rings is 1. The van der Waals surface area contributed by atoms with Crippen molar-refractivity contribution >= 4 is 16.9 Å². The quantitative estimate of drug-likeness (QED) is 0.413. The molecule has 0 saturated heterocycles. The van der Waals surface area contributed by atoms with Crippen LogP contribution in [-0.4, -0.2) is 44.5 Å². The van der Waals surface area contributed by atoms with Crippen molar-refractivity contribution in [2.75, 3.05) is 28.4 Å². The highest BCUT2D eigenvalue weighted by molar-refractivity contribution is 6.05. The third-order valence-electron chi connectivity index (χ3n) is 5.42. The molecular formula is C26H23NO6. The predicted molar refractivity (Wildman–Crippen MR) is 126 cm³/mol. The minimum atomic E-state index is -1.03. The van der Waals surface area contributed by atoms with Crippen LogP contribution in [-0.2, 0) is 0 Å². The molecule has 0 spiro atoms. The lowest BCUT2D eigenvalue weighted by Crippen LogP contribution is -2.01. The van der Waals surface area contributed by atoms with E-state index in [0.717, 1.165) is 16.7 Å². The van der Waals surface area contributed by atoms with E-state index in [1.807, 2.05) is 54.6 Å². The Kier molecular flexibility index (Phi) is 6.04. The zero-order valence-corrected chi connectivity index (χ0v) is 18.7.